The lowest BCUT2D eigenvalue weighted by Gasteiger charge is -2.13. The van der Waals surface area contributed by atoms with E-state index >= 15 is 0 Å². The maximum atomic E-state index is 4.88. The van der Waals surface area contributed by atoms with E-state index < -0.39 is 0 Å². The van der Waals surface area contributed by atoms with Crippen molar-refractivity contribution < 1.29 is 0 Å². The number of rotatable bonds is 5. The molecule has 142 valence electrons. The van der Waals surface area contributed by atoms with Crippen LogP contribution in [0.25, 0.3) is 17.2 Å². The molecule has 0 aliphatic heterocycles. The van der Waals surface area contributed by atoms with Crippen LogP contribution in [0, 0.1) is 20.8 Å². The Morgan fingerprint density at radius 1 is 0.929 bits per heavy atom. The molecule has 4 aromatic rings. The van der Waals surface area contributed by atoms with Crippen LogP contribution in [0.1, 0.15) is 35.9 Å². The maximum absolute atomic E-state index is 4.88. The fourth-order valence-electron chi connectivity index (χ4n) is 3.28. The van der Waals surface area contributed by atoms with Crippen LogP contribution in [0.2, 0.25) is 0 Å². The second kappa shape index (κ2) is 7.34. The Balaban J connectivity index is 1.79. The zero-order valence-corrected chi connectivity index (χ0v) is 16.5. The largest absolute Gasteiger partial charge is 0.249 e. The SMILES string of the molecule is Cc1nc(C)n(C[C@@H](C)c2nc(-c3ccccc3)nn2-c2ncccc2C)n1. The van der Waals surface area contributed by atoms with Gasteiger partial charge in [0.1, 0.15) is 17.5 Å². The van der Waals surface area contributed by atoms with E-state index in [2.05, 4.69) is 22.0 Å². The van der Waals surface area contributed by atoms with E-state index in [9.17, 15) is 0 Å². The number of hydrogen-bond donors (Lipinski definition) is 0. The molecule has 0 aliphatic carbocycles. The Hall–Kier alpha value is -3.35. The Bertz CT molecular complexity index is 1100. The summed E-state index contributed by atoms with van der Waals surface area (Å²) in [6.45, 7) is 8.71. The molecule has 4 rings (SSSR count). The van der Waals surface area contributed by atoms with Crippen LogP contribution in [0.3, 0.4) is 0 Å². The summed E-state index contributed by atoms with van der Waals surface area (Å²) < 4.78 is 3.79. The van der Waals surface area contributed by atoms with E-state index in [1.54, 1.807) is 6.20 Å². The number of aromatic nitrogens is 7. The average molecular weight is 373 g/mol. The topological polar surface area (TPSA) is 74.3 Å². The predicted octanol–water partition coefficient (Wildman–Crippen LogP) is 3.65. The zero-order chi connectivity index (χ0) is 19.7. The van der Waals surface area contributed by atoms with E-state index in [1.165, 1.54) is 0 Å². The lowest BCUT2D eigenvalue weighted by Crippen LogP contribution is -2.15. The summed E-state index contributed by atoms with van der Waals surface area (Å²) >= 11 is 0. The van der Waals surface area contributed by atoms with Gasteiger partial charge < -0.3 is 0 Å². The number of hydrogen-bond acceptors (Lipinski definition) is 5. The van der Waals surface area contributed by atoms with E-state index in [4.69, 9.17) is 10.1 Å². The van der Waals surface area contributed by atoms with Crippen LogP contribution in [-0.2, 0) is 6.54 Å². The van der Waals surface area contributed by atoms with Gasteiger partial charge in [0.2, 0.25) is 0 Å². The number of benzene rings is 1. The molecule has 0 amide bonds. The lowest BCUT2D eigenvalue weighted by molar-refractivity contribution is 0.501. The van der Waals surface area contributed by atoms with Gasteiger partial charge in [0.25, 0.3) is 0 Å². The van der Waals surface area contributed by atoms with Crippen LogP contribution in [0.4, 0.5) is 0 Å². The van der Waals surface area contributed by atoms with Crippen molar-refractivity contribution in [3.63, 3.8) is 0 Å². The van der Waals surface area contributed by atoms with Crippen molar-refractivity contribution in [3.8, 4) is 17.2 Å². The molecule has 28 heavy (non-hydrogen) atoms. The van der Waals surface area contributed by atoms with Crippen molar-refractivity contribution in [2.45, 2.75) is 40.2 Å². The summed E-state index contributed by atoms with van der Waals surface area (Å²) in [6.07, 6.45) is 1.78. The van der Waals surface area contributed by atoms with Crippen LogP contribution in [0.15, 0.2) is 48.7 Å². The van der Waals surface area contributed by atoms with Crippen molar-refractivity contribution in [2.24, 2.45) is 0 Å². The van der Waals surface area contributed by atoms with E-state index in [-0.39, 0.29) is 5.92 Å². The zero-order valence-electron chi connectivity index (χ0n) is 16.5. The van der Waals surface area contributed by atoms with Crippen LogP contribution in [0.5, 0.6) is 0 Å². The van der Waals surface area contributed by atoms with Crippen molar-refractivity contribution in [1.29, 1.82) is 0 Å². The van der Waals surface area contributed by atoms with Gasteiger partial charge in [-0.3, -0.25) is 0 Å². The molecule has 3 heterocycles. The third kappa shape index (κ3) is 3.43. The van der Waals surface area contributed by atoms with E-state index in [0.29, 0.717) is 12.4 Å². The molecular weight excluding hydrogens is 350 g/mol. The highest BCUT2D eigenvalue weighted by molar-refractivity contribution is 5.54. The summed E-state index contributed by atoms with van der Waals surface area (Å²) in [5, 5.41) is 9.29. The molecule has 0 N–H and O–H groups in total. The Labute approximate surface area is 164 Å². The second-order valence-electron chi connectivity index (χ2n) is 7.00. The highest BCUT2D eigenvalue weighted by Gasteiger charge is 2.21. The maximum Gasteiger partial charge on any atom is 0.181 e. The van der Waals surface area contributed by atoms with Crippen molar-refractivity contribution >= 4 is 0 Å². The van der Waals surface area contributed by atoms with Gasteiger partial charge in [-0.1, -0.05) is 43.3 Å². The molecule has 0 fully saturated rings. The first kappa shape index (κ1) is 18.0. The average Bonchev–Trinajstić information content (AvgIpc) is 3.26. The minimum Gasteiger partial charge on any atom is -0.249 e. The molecule has 7 heteroatoms. The predicted molar refractivity (Wildman–Crippen MR) is 107 cm³/mol. The molecule has 0 spiro atoms. The van der Waals surface area contributed by atoms with Gasteiger partial charge in [0, 0.05) is 17.7 Å². The molecule has 7 nitrogen and oxygen atoms in total. The Morgan fingerprint density at radius 2 is 1.71 bits per heavy atom. The highest BCUT2D eigenvalue weighted by Crippen LogP contribution is 2.24. The lowest BCUT2D eigenvalue weighted by atomic mass is 10.1. The molecular formula is C21H23N7. The van der Waals surface area contributed by atoms with Crippen LogP contribution in [-0.4, -0.2) is 34.5 Å². The molecule has 0 radical (unpaired) electrons. The molecule has 0 aliphatic rings. The Morgan fingerprint density at radius 3 is 2.39 bits per heavy atom. The van der Waals surface area contributed by atoms with Gasteiger partial charge in [-0.15, -0.1) is 5.10 Å². The molecule has 1 aromatic carbocycles. The summed E-state index contributed by atoms with van der Waals surface area (Å²) in [6, 6.07) is 14.0. The third-order valence-corrected chi connectivity index (χ3v) is 4.70. The quantitative estimate of drug-likeness (QED) is 0.534. The van der Waals surface area contributed by atoms with Gasteiger partial charge in [-0.05, 0) is 32.4 Å². The van der Waals surface area contributed by atoms with Gasteiger partial charge in [0.05, 0.1) is 6.54 Å². The second-order valence-corrected chi connectivity index (χ2v) is 7.00. The van der Waals surface area contributed by atoms with Crippen molar-refractivity contribution in [1.82, 2.24) is 34.5 Å². The first-order valence-corrected chi connectivity index (χ1v) is 9.35. The fourth-order valence-corrected chi connectivity index (χ4v) is 3.28. The molecule has 0 saturated carbocycles. The number of aryl methyl sites for hydroxylation is 3. The summed E-state index contributed by atoms with van der Waals surface area (Å²) in [7, 11) is 0. The van der Waals surface area contributed by atoms with Crippen molar-refractivity contribution in [2.75, 3.05) is 0 Å². The standard InChI is InChI=1S/C21H23N7/c1-14-9-8-12-22-20(14)28-21(15(2)13-27-17(4)23-16(3)25-27)24-19(26-28)18-10-6-5-7-11-18/h5-12,15H,13H2,1-4H3/t15-/m1/s1. The number of nitrogens with zero attached hydrogens (tertiary/aromatic N) is 7. The van der Waals surface area contributed by atoms with Gasteiger partial charge in [0.15, 0.2) is 11.6 Å². The minimum atomic E-state index is 0.0752. The Kier molecular flexibility index (Phi) is 4.73. The highest BCUT2D eigenvalue weighted by atomic mass is 15.4. The molecule has 0 saturated heterocycles. The van der Waals surface area contributed by atoms with Gasteiger partial charge in [-0.2, -0.15) is 9.78 Å². The smallest absolute Gasteiger partial charge is 0.181 e. The summed E-state index contributed by atoms with van der Waals surface area (Å²) in [5.74, 6) is 4.09. The number of pyridine rings is 1. The first-order valence-electron chi connectivity index (χ1n) is 9.35. The fraction of sp³-hybridized carbons (Fsp3) is 0.286. The van der Waals surface area contributed by atoms with Crippen molar-refractivity contribution in [3.05, 3.63) is 71.7 Å². The normalized spacial score (nSPS) is 12.3. The van der Waals surface area contributed by atoms with Crippen LogP contribution >= 0.6 is 0 Å². The molecule has 3 aromatic heterocycles. The summed E-state index contributed by atoms with van der Waals surface area (Å²) in [5.41, 5.74) is 2.03. The third-order valence-electron chi connectivity index (χ3n) is 4.70. The van der Waals surface area contributed by atoms with E-state index in [0.717, 1.165) is 34.4 Å². The van der Waals surface area contributed by atoms with E-state index in [1.807, 2.05) is 72.6 Å². The summed E-state index contributed by atoms with van der Waals surface area (Å²) in [4.78, 5) is 13.8. The minimum absolute atomic E-state index is 0.0752. The first-order chi connectivity index (χ1) is 13.5. The van der Waals surface area contributed by atoms with Gasteiger partial charge in [-0.25, -0.2) is 19.6 Å². The van der Waals surface area contributed by atoms with Gasteiger partial charge >= 0.3 is 0 Å². The van der Waals surface area contributed by atoms with Crippen LogP contribution < -0.4 is 0 Å². The molecule has 1 atom stereocenters. The molecule has 0 bridgehead atoms. The molecule has 0 unspecified atom stereocenters. The monoisotopic (exact) mass is 373 g/mol.